The number of hydrogen-bond acceptors (Lipinski definition) is 4. The molecule has 0 unspecified atom stereocenters. The number of rotatable bonds is 3. The van der Waals surface area contributed by atoms with Crippen molar-refractivity contribution in [3.63, 3.8) is 0 Å². The number of nitrogens with one attached hydrogen (secondary N) is 1. The van der Waals surface area contributed by atoms with Gasteiger partial charge in [-0.05, 0) is 23.8 Å². The zero-order chi connectivity index (χ0) is 13.9. The number of benzene rings is 1. The first-order valence-electron chi connectivity index (χ1n) is 5.96. The highest BCUT2D eigenvalue weighted by atomic mass is 35.5. The van der Waals surface area contributed by atoms with Gasteiger partial charge in [0.15, 0.2) is 0 Å². The maximum Gasteiger partial charge on any atom is 0.134 e. The third-order valence-corrected chi connectivity index (χ3v) is 3.23. The SMILES string of the molecule is Clc1cnc2ccc(CNc3cc(Cl)ncn3)cc2c1. The van der Waals surface area contributed by atoms with E-state index in [0.717, 1.165) is 16.5 Å². The molecule has 4 nitrogen and oxygen atoms in total. The lowest BCUT2D eigenvalue weighted by Gasteiger charge is -2.06. The summed E-state index contributed by atoms with van der Waals surface area (Å²) in [6.45, 7) is 0.635. The number of halogens is 2. The molecule has 0 saturated heterocycles. The minimum atomic E-state index is 0.414. The molecule has 0 spiro atoms. The maximum absolute atomic E-state index is 5.95. The van der Waals surface area contributed by atoms with Gasteiger partial charge >= 0.3 is 0 Å². The van der Waals surface area contributed by atoms with E-state index in [1.807, 2.05) is 24.3 Å². The Morgan fingerprint density at radius 3 is 2.75 bits per heavy atom. The largest absolute Gasteiger partial charge is 0.366 e. The van der Waals surface area contributed by atoms with Crippen LogP contribution in [0.3, 0.4) is 0 Å². The molecule has 0 aliphatic heterocycles. The molecule has 100 valence electrons. The van der Waals surface area contributed by atoms with Crippen LogP contribution in [0, 0.1) is 0 Å². The van der Waals surface area contributed by atoms with Crippen molar-refractivity contribution >= 4 is 39.9 Å². The molecule has 1 aromatic carbocycles. The minimum Gasteiger partial charge on any atom is -0.366 e. The fourth-order valence-corrected chi connectivity index (χ4v) is 2.20. The molecule has 0 radical (unpaired) electrons. The molecule has 1 N–H and O–H groups in total. The molecule has 20 heavy (non-hydrogen) atoms. The van der Waals surface area contributed by atoms with Gasteiger partial charge in [0.25, 0.3) is 0 Å². The second-order valence-electron chi connectivity index (χ2n) is 4.26. The van der Waals surface area contributed by atoms with Crippen LogP contribution < -0.4 is 5.32 Å². The van der Waals surface area contributed by atoms with Crippen LogP contribution in [0.2, 0.25) is 10.2 Å². The summed E-state index contributed by atoms with van der Waals surface area (Å²) in [5, 5.41) is 5.25. The first-order valence-corrected chi connectivity index (χ1v) is 6.72. The van der Waals surface area contributed by atoms with Crippen molar-refractivity contribution in [2.24, 2.45) is 0 Å². The Hall–Kier alpha value is -1.91. The number of anilines is 1. The normalized spacial score (nSPS) is 10.7. The second-order valence-corrected chi connectivity index (χ2v) is 5.08. The Morgan fingerprint density at radius 2 is 1.90 bits per heavy atom. The first kappa shape index (κ1) is 13.1. The molecular weight excluding hydrogens is 295 g/mol. The van der Waals surface area contributed by atoms with E-state index in [1.54, 1.807) is 12.3 Å². The van der Waals surface area contributed by atoms with Crippen molar-refractivity contribution in [2.45, 2.75) is 6.54 Å². The molecule has 3 rings (SSSR count). The minimum absolute atomic E-state index is 0.414. The van der Waals surface area contributed by atoms with Gasteiger partial charge in [-0.25, -0.2) is 9.97 Å². The summed E-state index contributed by atoms with van der Waals surface area (Å²) >= 11 is 11.8. The lowest BCUT2D eigenvalue weighted by Crippen LogP contribution is -2.01. The second kappa shape index (κ2) is 5.61. The summed E-state index contributed by atoms with van der Waals surface area (Å²) in [5.41, 5.74) is 2.03. The van der Waals surface area contributed by atoms with Crippen molar-refractivity contribution in [3.05, 3.63) is 58.6 Å². The predicted molar refractivity (Wildman–Crippen MR) is 81.1 cm³/mol. The van der Waals surface area contributed by atoms with Crippen LogP contribution >= 0.6 is 23.2 Å². The molecule has 0 aliphatic rings. The van der Waals surface area contributed by atoms with Gasteiger partial charge in [0.1, 0.15) is 17.3 Å². The summed E-state index contributed by atoms with van der Waals surface area (Å²) in [6.07, 6.45) is 3.07. The van der Waals surface area contributed by atoms with E-state index in [9.17, 15) is 0 Å². The van der Waals surface area contributed by atoms with Crippen LogP contribution in [0.25, 0.3) is 10.9 Å². The average Bonchev–Trinajstić information content (AvgIpc) is 2.45. The van der Waals surface area contributed by atoms with Crippen LogP contribution in [-0.2, 0) is 6.54 Å². The Labute approximate surface area is 125 Å². The van der Waals surface area contributed by atoms with E-state index >= 15 is 0 Å². The highest BCUT2D eigenvalue weighted by Gasteiger charge is 2.00. The number of aromatic nitrogens is 3. The first-order chi connectivity index (χ1) is 9.70. The lowest BCUT2D eigenvalue weighted by atomic mass is 10.1. The molecule has 0 saturated carbocycles. The van der Waals surface area contributed by atoms with Crippen LogP contribution in [0.1, 0.15) is 5.56 Å². The summed E-state index contributed by atoms with van der Waals surface area (Å²) in [7, 11) is 0. The molecule has 2 heterocycles. The standard InChI is InChI=1S/C14H10Cl2N4/c15-11-4-10-3-9(1-2-12(10)17-7-11)6-18-14-5-13(16)19-8-20-14/h1-5,7-8H,6H2,(H,18,19,20). The van der Waals surface area contributed by atoms with Crippen LogP contribution in [0.5, 0.6) is 0 Å². The number of nitrogens with zero attached hydrogens (tertiary/aromatic N) is 3. The molecule has 0 amide bonds. The van der Waals surface area contributed by atoms with Gasteiger partial charge in [-0.1, -0.05) is 29.3 Å². The Kier molecular flexibility index (Phi) is 3.67. The van der Waals surface area contributed by atoms with Gasteiger partial charge in [-0.3, -0.25) is 4.98 Å². The van der Waals surface area contributed by atoms with Gasteiger partial charge in [0.2, 0.25) is 0 Å². The van der Waals surface area contributed by atoms with E-state index < -0.39 is 0 Å². The molecule has 0 aliphatic carbocycles. The highest BCUT2D eigenvalue weighted by molar-refractivity contribution is 6.31. The van der Waals surface area contributed by atoms with E-state index in [4.69, 9.17) is 23.2 Å². The highest BCUT2D eigenvalue weighted by Crippen LogP contribution is 2.19. The fraction of sp³-hybridized carbons (Fsp3) is 0.0714. The smallest absolute Gasteiger partial charge is 0.134 e. The summed E-state index contributed by atoms with van der Waals surface area (Å²) in [5.74, 6) is 0.689. The number of fused-ring (bicyclic) bond motifs is 1. The number of hydrogen-bond donors (Lipinski definition) is 1. The Balaban J connectivity index is 1.80. The number of pyridine rings is 1. The van der Waals surface area contributed by atoms with Gasteiger partial charge in [-0.15, -0.1) is 0 Å². The zero-order valence-corrected chi connectivity index (χ0v) is 11.9. The molecule has 0 atom stereocenters. The van der Waals surface area contributed by atoms with E-state index in [1.165, 1.54) is 6.33 Å². The van der Waals surface area contributed by atoms with Gasteiger partial charge in [0.05, 0.1) is 10.5 Å². The van der Waals surface area contributed by atoms with Crippen molar-refractivity contribution in [1.82, 2.24) is 15.0 Å². The van der Waals surface area contributed by atoms with Crippen LogP contribution in [0.4, 0.5) is 5.82 Å². The predicted octanol–water partition coefficient (Wildman–Crippen LogP) is 3.94. The molecule has 2 aromatic heterocycles. The van der Waals surface area contributed by atoms with Crippen molar-refractivity contribution in [2.75, 3.05) is 5.32 Å². The Morgan fingerprint density at radius 1 is 1.00 bits per heavy atom. The zero-order valence-electron chi connectivity index (χ0n) is 10.3. The quantitative estimate of drug-likeness (QED) is 0.745. The van der Waals surface area contributed by atoms with Crippen LogP contribution in [-0.4, -0.2) is 15.0 Å². The summed E-state index contributed by atoms with van der Waals surface area (Å²) in [6, 6.07) is 9.61. The van der Waals surface area contributed by atoms with Gasteiger partial charge in [-0.2, -0.15) is 0 Å². The maximum atomic E-state index is 5.95. The molecular formula is C14H10Cl2N4. The van der Waals surface area contributed by atoms with E-state index in [2.05, 4.69) is 20.3 Å². The third-order valence-electron chi connectivity index (χ3n) is 2.82. The van der Waals surface area contributed by atoms with Crippen LogP contribution in [0.15, 0.2) is 42.9 Å². The summed E-state index contributed by atoms with van der Waals surface area (Å²) in [4.78, 5) is 12.2. The average molecular weight is 305 g/mol. The van der Waals surface area contributed by atoms with Crippen molar-refractivity contribution in [3.8, 4) is 0 Å². The third kappa shape index (κ3) is 2.98. The topological polar surface area (TPSA) is 50.7 Å². The van der Waals surface area contributed by atoms with Crippen molar-refractivity contribution in [1.29, 1.82) is 0 Å². The van der Waals surface area contributed by atoms with E-state index in [0.29, 0.717) is 22.5 Å². The molecule has 6 heteroatoms. The monoisotopic (exact) mass is 304 g/mol. The van der Waals surface area contributed by atoms with E-state index in [-0.39, 0.29) is 0 Å². The lowest BCUT2D eigenvalue weighted by molar-refractivity contribution is 1.08. The Bertz CT molecular complexity index is 761. The molecule has 0 bridgehead atoms. The molecule has 0 fully saturated rings. The van der Waals surface area contributed by atoms with Gasteiger partial charge in [0, 0.05) is 24.2 Å². The fourth-order valence-electron chi connectivity index (χ4n) is 1.89. The van der Waals surface area contributed by atoms with Gasteiger partial charge < -0.3 is 5.32 Å². The molecule has 3 aromatic rings. The summed E-state index contributed by atoms with van der Waals surface area (Å²) < 4.78 is 0. The van der Waals surface area contributed by atoms with Crippen molar-refractivity contribution < 1.29 is 0 Å².